The SMILES string of the molecule is C=C(S/C=C/Nc1nsnc1NCc1cc(C)c(C)o1)S(=O)N1CCCC1.CCC.CO. The van der Waals surface area contributed by atoms with Crippen molar-refractivity contribution < 1.29 is 13.7 Å². The first kappa shape index (κ1) is 28.4. The van der Waals surface area contributed by atoms with E-state index >= 15 is 0 Å². The van der Waals surface area contributed by atoms with E-state index in [-0.39, 0.29) is 0 Å². The molecule has 0 spiro atoms. The van der Waals surface area contributed by atoms with E-state index in [0.29, 0.717) is 22.4 Å². The molecule has 0 aromatic carbocycles. The molecule has 0 radical (unpaired) electrons. The number of hydrogen-bond donors (Lipinski definition) is 3. The first-order valence-corrected chi connectivity index (χ1v) is 13.2. The molecule has 0 aliphatic carbocycles. The molecule has 11 heteroatoms. The molecule has 1 aliphatic heterocycles. The van der Waals surface area contributed by atoms with Crippen molar-refractivity contribution in [2.24, 2.45) is 0 Å². The van der Waals surface area contributed by atoms with Crippen molar-refractivity contribution in [1.82, 2.24) is 13.1 Å². The first-order valence-electron chi connectivity index (χ1n) is 10.5. The highest BCUT2D eigenvalue weighted by Gasteiger charge is 2.19. The number of furan rings is 1. The lowest BCUT2D eigenvalue weighted by Crippen LogP contribution is -2.21. The van der Waals surface area contributed by atoms with E-state index in [2.05, 4.69) is 39.8 Å². The van der Waals surface area contributed by atoms with Gasteiger partial charge in [0.15, 0.2) is 11.6 Å². The molecule has 3 rings (SSSR count). The van der Waals surface area contributed by atoms with Crippen molar-refractivity contribution >= 4 is 46.1 Å². The maximum Gasteiger partial charge on any atom is 0.188 e. The van der Waals surface area contributed by atoms with Crippen LogP contribution in [-0.2, 0) is 17.5 Å². The van der Waals surface area contributed by atoms with E-state index in [4.69, 9.17) is 9.52 Å². The highest BCUT2D eigenvalue weighted by molar-refractivity contribution is 8.17. The smallest absolute Gasteiger partial charge is 0.188 e. The third kappa shape index (κ3) is 9.45. The zero-order valence-electron chi connectivity index (χ0n) is 19.5. The summed E-state index contributed by atoms with van der Waals surface area (Å²) >= 11 is 2.48. The van der Waals surface area contributed by atoms with Crippen LogP contribution in [0.4, 0.5) is 11.6 Å². The number of aliphatic hydroxyl groups is 1. The van der Waals surface area contributed by atoms with Gasteiger partial charge in [0.1, 0.15) is 22.5 Å². The lowest BCUT2D eigenvalue weighted by molar-refractivity contribution is 0.399. The van der Waals surface area contributed by atoms with E-state index in [9.17, 15) is 4.21 Å². The van der Waals surface area contributed by atoms with Crippen LogP contribution >= 0.6 is 23.5 Å². The fourth-order valence-electron chi connectivity index (χ4n) is 2.57. The van der Waals surface area contributed by atoms with Gasteiger partial charge in [-0.15, -0.1) is 0 Å². The quantitative estimate of drug-likeness (QED) is 0.429. The molecular weight excluding hydrogens is 466 g/mol. The van der Waals surface area contributed by atoms with Crippen molar-refractivity contribution in [3.05, 3.63) is 45.6 Å². The Morgan fingerprint density at radius 3 is 2.53 bits per heavy atom. The molecule has 1 aliphatic rings. The highest BCUT2D eigenvalue weighted by atomic mass is 32.2. The molecule has 180 valence electrons. The fraction of sp³-hybridized carbons (Fsp3) is 0.524. The number of aliphatic hydroxyl groups excluding tert-OH is 1. The molecule has 1 fully saturated rings. The van der Waals surface area contributed by atoms with Crippen molar-refractivity contribution in [3.8, 4) is 0 Å². The Labute approximate surface area is 202 Å². The molecule has 0 bridgehead atoms. The van der Waals surface area contributed by atoms with Gasteiger partial charge in [-0.25, -0.2) is 8.51 Å². The van der Waals surface area contributed by atoms with Gasteiger partial charge in [0.2, 0.25) is 0 Å². The molecule has 1 atom stereocenters. The van der Waals surface area contributed by atoms with Gasteiger partial charge in [-0.05, 0) is 43.7 Å². The Kier molecular flexibility index (Phi) is 14.2. The maximum absolute atomic E-state index is 12.3. The topological polar surface area (TPSA) is 104 Å². The summed E-state index contributed by atoms with van der Waals surface area (Å²) in [6.07, 6.45) is 5.20. The minimum atomic E-state index is -1.13. The molecule has 0 amide bonds. The molecule has 32 heavy (non-hydrogen) atoms. The van der Waals surface area contributed by atoms with E-state index in [1.807, 2.05) is 29.6 Å². The van der Waals surface area contributed by atoms with Gasteiger partial charge in [-0.3, -0.25) is 0 Å². The van der Waals surface area contributed by atoms with Crippen LogP contribution in [-0.4, -0.2) is 42.6 Å². The second-order valence-electron chi connectivity index (χ2n) is 6.80. The van der Waals surface area contributed by atoms with Crippen LogP contribution in [0.3, 0.4) is 0 Å². The third-order valence-corrected chi connectivity index (χ3v) is 7.12. The summed E-state index contributed by atoms with van der Waals surface area (Å²) in [7, 11) is -0.135. The zero-order chi connectivity index (χ0) is 23.9. The Bertz CT molecular complexity index is 841. The average Bonchev–Trinajstić information content (AvgIpc) is 3.54. The van der Waals surface area contributed by atoms with Gasteiger partial charge in [-0.2, -0.15) is 8.75 Å². The molecule has 1 saturated heterocycles. The number of nitrogens with zero attached hydrogens (tertiary/aromatic N) is 3. The van der Waals surface area contributed by atoms with Gasteiger partial charge >= 0.3 is 0 Å². The van der Waals surface area contributed by atoms with Crippen molar-refractivity contribution in [2.75, 3.05) is 30.8 Å². The van der Waals surface area contributed by atoms with Gasteiger partial charge < -0.3 is 20.2 Å². The minimum absolute atomic E-state index is 0.541. The summed E-state index contributed by atoms with van der Waals surface area (Å²) in [5, 5.41) is 15.1. The minimum Gasteiger partial charge on any atom is -0.464 e. The van der Waals surface area contributed by atoms with Gasteiger partial charge in [-0.1, -0.05) is 38.6 Å². The van der Waals surface area contributed by atoms with E-state index < -0.39 is 11.0 Å². The average molecular weight is 502 g/mol. The summed E-state index contributed by atoms with van der Waals surface area (Å²) < 4.78 is 29.0. The molecular formula is C21H35N5O3S3. The first-order chi connectivity index (χ1) is 15.5. The fourth-order valence-corrected chi connectivity index (χ4v) is 5.04. The van der Waals surface area contributed by atoms with Crippen molar-refractivity contribution in [2.45, 2.75) is 53.5 Å². The van der Waals surface area contributed by atoms with Crippen LogP contribution in [0.25, 0.3) is 0 Å². The maximum atomic E-state index is 12.3. The van der Waals surface area contributed by atoms with Crippen LogP contribution in [0.5, 0.6) is 0 Å². The van der Waals surface area contributed by atoms with Crippen LogP contribution in [0.15, 0.2) is 32.9 Å². The molecule has 2 aromatic rings. The highest BCUT2D eigenvalue weighted by Crippen LogP contribution is 2.25. The molecule has 1 unspecified atom stereocenters. The number of anilines is 2. The van der Waals surface area contributed by atoms with Crippen LogP contribution < -0.4 is 10.6 Å². The van der Waals surface area contributed by atoms with Gasteiger partial charge in [0.25, 0.3) is 0 Å². The Balaban J connectivity index is 0.000000944. The standard InChI is InChI=1S/C17H23N5O2S3.C3H8.CH4O/c1-12-10-15(24-13(12)2)11-19-17-16(20-26-21-17)18-6-9-25-14(3)27(23)22-7-4-5-8-22;1-3-2;1-2/h6,9-10H,3-5,7-8,11H2,1-2H3,(H,18,20)(H,19,21);3H2,1-2H3;2H,1H3/b9-6+;;. The predicted octanol–water partition coefficient (Wildman–Crippen LogP) is 5.23. The lowest BCUT2D eigenvalue weighted by Gasteiger charge is -2.13. The van der Waals surface area contributed by atoms with E-state index in [1.165, 1.54) is 18.2 Å². The molecule has 0 saturated carbocycles. The Morgan fingerprint density at radius 1 is 1.31 bits per heavy atom. The molecule has 3 N–H and O–H groups in total. The van der Waals surface area contributed by atoms with E-state index in [1.54, 1.807) is 6.20 Å². The monoisotopic (exact) mass is 501 g/mol. The molecule has 2 aromatic heterocycles. The summed E-state index contributed by atoms with van der Waals surface area (Å²) in [5.74, 6) is 3.09. The van der Waals surface area contributed by atoms with E-state index in [0.717, 1.165) is 61.9 Å². The summed E-state index contributed by atoms with van der Waals surface area (Å²) in [4.78, 5) is 0. The summed E-state index contributed by atoms with van der Waals surface area (Å²) in [5.41, 5.74) is 1.13. The zero-order valence-corrected chi connectivity index (χ0v) is 22.0. The Morgan fingerprint density at radius 2 is 1.94 bits per heavy atom. The third-order valence-electron chi connectivity index (χ3n) is 4.12. The lowest BCUT2D eigenvalue weighted by atomic mass is 10.3. The second kappa shape index (κ2) is 16.0. The molecule has 3 heterocycles. The van der Waals surface area contributed by atoms with Crippen LogP contribution in [0.1, 0.15) is 50.2 Å². The Hall–Kier alpha value is -1.66. The number of thioether (sulfide) groups is 1. The molecule has 8 nitrogen and oxygen atoms in total. The van der Waals surface area contributed by atoms with Gasteiger partial charge in [0.05, 0.1) is 22.5 Å². The normalized spacial score (nSPS) is 14.3. The summed E-state index contributed by atoms with van der Waals surface area (Å²) in [6.45, 7) is 14.4. The summed E-state index contributed by atoms with van der Waals surface area (Å²) in [6, 6.07) is 2.01. The number of aryl methyl sites for hydroxylation is 2. The predicted molar refractivity (Wildman–Crippen MR) is 138 cm³/mol. The number of rotatable bonds is 9. The largest absolute Gasteiger partial charge is 0.464 e. The number of aromatic nitrogens is 2. The van der Waals surface area contributed by atoms with Crippen molar-refractivity contribution in [1.29, 1.82) is 0 Å². The second-order valence-corrected chi connectivity index (χ2v) is 10.1. The van der Waals surface area contributed by atoms with Crippen LogP contribution in [0.2, 0.25) is 0 Å². The van der Waals surface area contributed by atoms with Gasteiger partial charge in [0, 0.05) is 26.4 Å². The number of hydrogen-bond acceptors (Lipinski definition) is 9. The number of nitrogens with one attached hydrogen (secondary N) is 2. The van der Waals surface area contributed by atoms with Crippen molar-refractivity contribution in [3.63, 3.8) is 0 Å². The van der Waals surface area contributed by atoms with Crippen LogP contribution in [0, 0.1) is 13.8 Å².